The monoisotopic (exact) mass is 478 g/mol. The highest BCUT2D eigenvalue weighted by molar-refractivity contribution is 5.93. The van der Waals surface area contributed by atoms with Crippen molar-refractivity contribution in [3.63, 3.8) is 0 Å². The summed E-state index contributed by atoms with van der Waals surface area (Å²) in [5.41, 5.74) is 1.06. The van der Waals surface area contributed by atoms with Crippen LogP contribution in [0, 0.1) is 0 Å². The van der Waals surface area contributed by atoms with Gasteiger partial charge in [-0.3, -0.25) is 0 Å². The average molecular weight is 479 g/mol. The minimum atomic E-state index is -1.04. The van der Waals surface area contributed by atoms with E-state index in [0.717, 1.165) is 64.7 Å². The molecule has 34 heavy (non-hydrogen) atoms. The van der Waals surface area contributed by atoms with E-state index in [1.54, 1.807) is 0 Å². The largest absolute Gasteiger partial charge is 0.461 e. The van der Waals surface area contributed by atoms with Crippen molar-refractivity contribution in [3.8, 4) is 12.0 Å². The number of aliphatic hydroxyl groups excluding tert-OH is 4. The predicted octanol–water partition coefficient (Wildman–Crippen LogP) is -0.136. The van der Waals surface area contributed by atoms with Gasteiger partial charge in [-0.2, -0.15) is 19.9 Å². The van der Waals surface area contributed by atoms with E-state index in [0.29, 0.717) is 22.7 Å². The molecular formula is C22H34N6O6. The molecule has 4 rings (SSSR count). The summed E-state index contributed by atoms with van der Waals surface area (Å²) in [4.78, 5) is 22.7. The molecular weight excluding hydrogens is 444 g/mol. The van der Waals surface area contributed by atoms with E-state index in [9.17, 15) is 10.2 Å². The molecule has 4 N–H and O–H groups in total. The standard InChI is InChI=1S/C22H34N6O6/c29-11-15(31)13-33-21-24-18-17(19(25-21)27-7-3-1-4-8-27)23-22(34-14-16(32)12-30)26-20(18)28-9-5-2-6-10-28/h15-16,29-32H,1-14H2/t15-,16-/m0/s1. The summed E-state index contributed by atoms with van der Waals surface area (Å²) in [6.07, 6.45) is 4.33. The number of fused-ring (bicyclic) bond motifs is 1. The van der Waals surface area contributed by atoms with Crippen molar-refractivity contribution >= 4 is 22.7 Å². The molecule has 2 fully saturated rings. The fourth-order valence-electron chi connectivity index (χ4n) is 4.17. The summed E-state index contributed by atoms with van der Waals surface area (Å²) in [6, 6.07) is 0.179. The van der Waals surface area contributed by atoms with Crippen molar-refractivity contribution in [1.82, 2.24) is 19.9 Å². The number of rotatable bonds is 10. The van der Waals surface area contributed by atoms with Gasteiger partial charge in [-0.1, -0.05) is 0 Å². The number of piperidine rings is 2. The fraction of sp³-hybridized carbons (Fsp3) is 0.727. The summed E-state index contributed by atoms with van der Waals surface area (Å²) >= 11 is 0. The first-order valence-corrected chi connectivity index (χ1v) is 12.0. The van der Waals surface area contributed by atoms with Crippen LogP contribution < -0.4 is 19.3 Å². The van der Waals surface area contributed by atoms with Crippen molar-refractivity contribution in [1.29, 1.82) is 0 Å². The van der Waals surface area contributed by atoms with E-state index in [2.05, 4.69) is 29.7 Å². The normalized spacial score (nSPS) is 18.7. The van der Waals surface area contributed by atoms with Gasteiger partial charge in [0, 0.05) is 26.2 Å². The van der Waals surface area contributed by atoms with E-state index in [1.807, 2.05) is 0 Å². The zero-order valence-corrected chi connectivity index (χ0v) is 19.3. The Balaban J connectivity index is 1.80. The van der Waals surface area contributed by atoms with E-state index in [-0.39, 0.29) is 25.2 Å². The topological polar surface area (TPSA) is 157 Å². The number of anilines is 2. The van der Waals surface area contributed by atoms with Crippen LogP contribution in [0.5, 0.6) is 12.0 Å². The van der Waals surface area contributed by atoms with E-state index in [1.165, 1.54) is 0 Å². The second-order valence-corrected chi connectivity index (χ2v) is 8.75. The van der Waals surface area contributed by atoms with Gasteiger partial charge in [-0.25, -0.2) is 0 Å². The number of ether oxygens (including phenoxy) is 2. The quantitative estimate of drug-likeness (QED) is 0.359. The van der Waals surface area contributed by atoms with Crippen molar-refractivity contribution in [2.75, 3.05) is 62.4 Å². The Labute approximate surface area is 198 Å². The van der Waals surface area contributed by atoms with Gasteiger partial charge >= 0.3 is 12.0 Å². The molecule has 0 saturated carbocycles. The van der Waals surface area contributed by atoms with Crippen LogP contribution in [0.1, 0.15) is 38.5 Å². The molecule has 2 aliphatic heterocycles. The van der Waals surface area contributed by atoms with E-state index in [4.69, 9.17) is 19.7 Å². The molecule has 4 heterocycles. The Bertz CT molecular complexity index is 862. The second-order valence-electron chi connectivity index (χ2n) is 8.75. The minimum Gasteiger partial charge on any atom is -0.461 e. The molecule has 2 atom stereocenters. The van der Waals surface area contributed by atoms with Gasteiger partial charge in [0.25, 0.3) is 0 Å². The third-order valence-electron chi connectivity index (χ3n) is 6.01. The van der Waals surface area contributed by atoms with Crippen LogP contribution in [0.2, 0.25) is 0 Å². The van der Waals surface area contributed by atoms with Gasteiger partial charge in [0.15, 0.2) is 11.6 Å². The number of hydrogen-bond donors (Lipinski definition) is 4. The first-order chi connectivity index (χ1) is 16.6. The Morgan fingerprint density at radius 1 is 0.618 bits per heavy atom. The van der Waals surface area contributed by atoms with Crippen LogP contribution in [0.3, 0.4) is 0 Å². The van der Waals surface area contributed by atoms with Crippen LogP contribution >= 0.6 is 0 Å². The lowest BCUT2D eigenvalue weighted by molar-refractivity contribution is 0.0503. The average Bonchev–Trinajstić information content (AvgIpc) is 2.90. The van der Waals surface area contributed by atoms with Crippen LogP contribution in [-0.2, 0) is 0 Å². The molecule has 2 saturated heterocycles. The van der Waals surface area contributed by atoms with Gasteiger partial charge in [-0.05, 0) is 38.5 Å². The molecule has 0 unspecified atom stereocenters. The Morgan fingerprint density at radius 3 is 1.35 bits per heavy atom. The van der Waals surface area contributed by atoms with Gasteiger partial charge in [0.05, 0.1) is 13.2 Å². The molecule has 2 aromatic heterocycles. The number of aliphatic hydroxyl groups is 4. The summed E-state index contributed by atoms with van der Waals surface area (Å²) in [7, 11) is 0. The third-order valence-corrected chi connectivity index (χ3v) is 6.01. The summed E-state index contributed by atoms with van der Waals surface area (Å²) < 4.78 is 11.3. The Morgan fingerprint density at radius 2 is 1.00 bits per heavy atom. The van der Waals surface area contributed by atoms with Gasteiger partial charge in [-0.15, -0.1) is 0 Å². The zero-order valence-electron chi connectivity index (χ0n) is 19.3. The van der Waals surface area contributed by atoms with Gasteiger partial charge < -0.3 is 39.7 Å². The minimum absolute atomic E-state index is 0.0896. The van der Waals surface area contributed by atoms with E-state index >= 15 is 0 Å². The molecule has 0 radical (unpaired) electrons. The highest BCUT2D eigenvalue weighted by Crippen LogP contribution is 2.34. The highest BCUT2D eigenvalue weighted by atomic mass is 16.5. The Hall–Kier alpha value is -2.54. The maximum Gasteiger partial charge on any atom is 0.319 e. The van der Waals surface area contributed by atoms with Crippen LogP contribution in [0.25, 0.3) is 11.0 Å². The van der Waals surface area contributed by atoms with Crippen molar-refractivity contribution in [2.45, 2.75) is 50.7 Å². The summed E-state index contributed by atoms with van der Waals surface area (Å²) in [5.74, 6) is 1.21. The van der Waals surface area contributed by atoms with Gasteiger partial charge in [0.1, 0.15) is 36.5 Å². The SMILES string of the molecule is OC[C@H](O)COc1nc(N2CCCCC2)c2nc(OC[C@@H](O)CO)nc(N3CCCCC3)c2n1. The lowest BCUT2D eigenvalue weighted by Gasteiger charge is -2.31. The molecule has 0 aliphatic carbocycles. The molecule has 2 aromatic rings. The van der Waals surface area contributed by atoms with Crippen molar-refractivity contribution in [2.24, 2.45) is 0 Å². The van der Waals surface area contributed by atoms with Crippen LogP contribution in [0.4, 0.5) is 11.6 Å². The molecule has 188 valence electrons. The Kier molecular flexibility index (Phi) is 8.48. The first kappa shape index (κ1) is 24.6. The first-order valence-electron chi connectivity index (χ1n) is 12.0. The summed E-state index contributed by atoms with van der Waals surface area (Å²) in [5, 5.41) is 37.8. The summed E-state index contributed by atoms with van der Waals surface area (Å²) in [6.45, 7) is 2.13. The number of nitrogens with zero attached hydrogens (tertiary/aromatic N) is 6. The van der Waals surface area contributed by atoms with Crippen molar-refractivity contribution < 1.29 is 29.9 Å². The molecule has 12 heteroatoms. The lowest BCUT2D eigenvalue weighted by Crippen LogP contribution is -2.32. The second kappa shape index (κ2) is 11.7. The third kappa shape index (κ3) is 5.93. The molecule has 12 nitrogen and oxygen atoms in total. The highest BCUT2D eigenvalue weighted by Gasteiger charge is 2.26. The zero-order chi connectivity index (χ0) is 23.9. The van der Waals surface area contributed by atoms with Gasteiger partial charge in [0.2, 0.25) is 0 Å². The molecule has 0 spiro atoms. The lowest BCUT2D eigenvalue weighted by atomic mass is 10.1. The van der Waals surface area contributed by atoms with Crippen molar-refractivity contribution in [3.05, 3.63) is 0 Å². The van der Waals surface area contributed by atoms with Crippen LogP contribution in [-0.4, -0.2) is 105 Å². The number of hydrogen-bond acceptors (Lipinski definition) is 12. The smallest absolute Gasteiger partial charge is 0.319 e. The maximum absolute atomic E-state index is 9.74. The molecule has 0 bridgehead atoms. The molecule has 0 amide bonds. The fourth-order valence-corrected chi connectivity index (χ4v) is 4.17. The molecule has 0 aromatic carbocycles. The van der Waals surface area contributed by atoms with E-state index < -0.39 is 25.4 Å². The maximum atomic E-state index is 9.74. The number of aromatic nitrogens is 4. The predicted molar refractivity (Wildman–Crippen MR) is 124 cm³/mol. The van der Waals surface area contributed by atoms with Crippen LogP contribution in [0.15, 0.2) is 0 Å². The molecule has 2 aliphatic rings.